The normalized spacial score (nSPS) is 11.2. The molecule has 0 bridgehead atoms. The predicted octanol–water partition coefficient (Wildman–Crippen LogP) is 1.08. The Morgan fingerprint density at radius 1 is 1.31 bits per heavy atom. The summed E-state index contributed by atoms with van der Waals surface area (Å²) < 4.78 is 0. The van der Waals surface area contributed by atoms with E-state index >= 15 is 0 Å². The second kappa shape index (κ2) is 6.68. The number of aromatic hydroxyl groups is 2. The van der Waals surface area contributed by atoms with Crippen molar-refractivity contribution in [1.29, 1.82) is 0 Å². The number of nitrogens with two attached hydrogens (primary N) is 1. The first kappa shape index (κ1) is 14.2. The van der Waals surface area contributed by atoms with Crippen LogP contribution in [-0.2, 0) is 11.2 Å². The molecule has 0 radical (unpaired) electrons. The van der Waals surface area contributed by atoms with Crippen LogP contribution in [0.3, 0.4) is 0 Å². The summed E-state index contributed by atoms with van der Waals surface area (Å²) in [4.78, 5) is 10.4. The Bertz CT molecular complexity index is 352. The smallest absolute Gasteiger partial charge is 0.320 e. The van der Waals surface area contributed by atoms with E-state index in [0.29, 0.717) is 5.56 Å². The minimum absolute atomic E-state index is 0.114. The molecule has 0 unspecified atom stereocenters. The SMILES string of the molecule is CC.N[C@@H](Cc1ccc(O)c(O)c1)C(=O)O. The van der Waals surface area contributed by atoms with Gasteiger partial charge in [-0.2, -0.15) is 0 Å². The molecule has 0 aliphatic carbocycles. The highest BCUT2D eigenvalue weighted by molar-refractivity contribution is 5.73. The van der Waals surface area contributed by atoms with Crippen LogP contribution in [0.2, 0.25) is 0 Å². The van der Waals surface area contributed by atoms with Crippen LogP contribution in [0.4, 0.5) is 0 Å². The van der Waals surface area contributed by atoms with Crippen LogP contribution in [0, 0.1) is 0 Å². The summed E-state index contributed by atoms with van der Waals surface area (Å²) in [5.41, 5.74) is 5.86. The van der Waals surface area contributed by atoms with Gasteiger partial charge in [0.1, 0.15) is 6.04 Å². The van der Waals surface area contributed by atoms with Gasteiger partial charge in [0.15, 0.2) is 11.5 Å². The summed E-state index contributed by atoms with van der Waals surface area (Å²) in [6.45, 7) is 4.00. The average molecular weight is 227 g/mol. The van der Waals surface area contributed by atoms with Crippen LogP contribution >= 0.6 is 0 Å². The summed E-state index contributed by atoms with van der Waals surface area (Å²) in [6.07, 6.45) is 0.114. The lowest BCUT2D eigenvalue weighted by Gasteiger charge is -2.06. The number of phenols is 2. The predicted molar refractivity (Wildman–Crippen MR) is 60.4 cm³/mol. The van der Waals surface area contributed by atoms with E-state index in [1.807, 2.05) is 13.8 Å². The molecule has 0 saturated heterocycles. The first-order chi connectivity index (χ1) is 7.50. The van der Waals surface area contributed by atoms with Crippen LogP contribution < -0.4 is 5.73 Å². The van der Waals surface area contributed by atoms with Gasteiger partial charge >= 0.3 is 5.97 Å². The molecule has 0 aliphatic rings. The zero-order valence-electron chi connectivity index (χ0n) is 9.34. The topological polar surface area (TPSA) is 104 Å². The molecule has 0 fully saturated rings. The molecular weight excluding hydrogens is 210 g/mol. The highest BCUT2D eigenvalue weighted by Crippen LogP contribution is 2.25. The van der Waals surface area contributed by atoms with E-state index in [1.165, 1.54) is 18.2 Å². The number of carboxylic acid groups (broad SMARTS) is 1. The van der Waals surface area contributed by atoms with Gasteiger partial charge in [0.25, 0.3) is 0 Å². The molecule has 0 saturated carbocycles. The maximum Gasteiger partial charge on any atom is 0.320 e. The van der Waals surface area contributed by atoms with Crippen molar-refractivity contribution < 1.29 is 20.1 Å². The standard InChI is InChI=1S/C9H11NO4.C2H6/c10-6(9(13)14)3-5-1-2-7(11)8(12)4-5;1-2/h1-2,4,6,11-12H,3,10H2,(H,13,14);1-2H3/t6-;/m0./s1. The molecule has 1 rings (SSSR count). The van der Waals surface area contributed by atoms with Gasteiger partial charge in [-0.05, 0) is 24.1 Å². The summed E-state index contributed by atoms with van der Waals surface area (Å²) in [5.74, 6) is -1.62. The molecule has 0 spiro atoms. The molecular formula is C11H17NO4. The van der Waals surface area contributed by atoms with Gasteiger partial charge in [-0.25, -0.2) is 0 Å². The average Bonchev–Trinajstić information content (AvgIpc) is 2.26. The Morgan fingerprint density at radius 3 is 2.31 bits per heavy atom. The summed E-state index contributed by atoms with van der Waals surface area (Å²) in [7, 11) is 0. The number of hydrogen-bond donors (Lipinski definition) is 4. The number of rotatable bonds is 3. The molecule has 90 valence electrons. The molecule has 5 N–H and O–H groups in total. The third kappa shape index (κ3) is 4.18. The van der Waals surface area contributed by atoms with Crippen molar-refractivity contribution in [2.24, 2.45) is 5.73 Å². The second-order valence-corrected chi connectivity index (χ2v) is 2.97. The van der Waals surface area contributed by atoms with E-state index in [1.54, 1.807) is 0 Å². The Balaban J connectivity index is 0.00000106. The maximum atomic E-state index is 10.4. The lowest BCUT2D eigenvalue weighted by Crippen LogP contribution is -2.32. The first-order valence-corrected chi connectivity index (χ1v) is 5.00. The fourth-order valence-corrected chi connectivity index (χ4v) is 1.04. The van der Waals surface area contributed by atoms with Crippen LogP contribution in [0.25, 0.3) is 0 Å². The van der Waals surface area contributed by atoms with Crippen LogP contribution in [-0.4, -0.2) is 27.3 Å². The molecule has 1 aromatic carbocycles. The van der Waals surface area contributed by atoms with E-state index in [9.17, 15) is 4.79 Å². The van der Waals surface area contributed by atoms with Crippen LogP contribution in [0.5, 0.6) is 11.5 Å². The van der Waals surface area contributed by atoms with Crippen molar-refractivity contribution in [1.82, 2.24) is 0 Å². The monoisotopic (exact) mass is 227 g/mol. The minimum atomic E-state index is -1.10. The fraction of sp³-hybridized carbons (Fsp3) is 0.364. The molecule has 1 aromatic rings. The van der Waals surface area contributed by atoms with Crippen molar-refractivity contribution in [3.05, 3.63) is 23.8 Å². The largest absolute Gasteiger partial charge is 0.504 e. The number of hydrogen-bond acceptors (Lipinski definition) is 4. The van der Waals surface area contributed by atoms with E-state index in [0.717, 1.165) is 0 Å². The Kier molecular flexibility index (Phi) is 5.95. The van der Waals surface area contributed by atoms with Gasteiger partial charge in [0, 0.05) is 0 Å². The maximum absolute atomic E-state index is 10.4. The number of benzene rings is 1. The van der Waals surface area contributed by atoms with E-state index in [2.05, 4.69) is 0 Å². The minimum Gasteiger partial charge on any atom is -0.504 e. The van der Waals surface area contributed by atoms with Crippen molar-refractivity contribution >= 4 is 5.97 Å². The first-order valence-electron chi connectivity index (χ1n) is 5.00. The van der Waals surface area contributed by atoms with Gasteiger partial charge < -0.3 is 21.1 Å². The lowest BCUT2D eigenvalue weighted by molar-refractivity contribution is -0.138. The number of carbonyl (C=O) groups is 1. The summed E-state index contributed by atoms with van der Waals surface area (Å²) >= 11 is 0. The molecule has 0 amide bonds. The quantitative estimate of drug-likeness (QED) is 0.578. The zero-order chi connectivity index (χ0) is 12.7. The molecule has 0 heterocycles. The number of carboxylic acids is 1. The highest BCUT2D eigenvalue weighted by Gasteiger charge is 2.12. The molecule has 1 atom stereocenters. The van der Waals surface area contributed by atoms with E-state index in [4.69, 9.17) is 21.1 Å². The Hall–Kier alpha value is -1.75. The van der Waals surface area contributed by atoms with Crippen molar-refractivity contribution in [2.45, 2.75) is 26.3 Å². The number of aliphatic carboxylic acids is 1. The molecule has 5 nitrogen and oxygen atoms in total. The summed E-state index contributed by atoms with van der Waals surface area (Å²) in [5, 5.41) is 26.6. The lowest BCUT2D eigenvalue weighted by atomic mass is 10.1. The van der Waals surface area contributed by atoms with Gasteiger partial charge in [-0.3, -0.25) is 4.79 Å². The van der Waals surface area contributed by atoms with Gasteiger partial charge in [-0.1, -0.05) is 19.9 Å². The van der Waals surface area contributed by atoms with Gasteiger partial charge in [-0.15, -0.1) is 0 Å². The van der Waals surface area contributed by atoms with E-state index < -0.39 is 12.0 Å². The molecule has 0 aliphatic heterocycles. The Labute approximate surface area is 94.1 Å². The van der Waals surface area contributed by atoms with Crippen molar-refractivity contribution in [3.8, 4) is 11.5 Å². The molecule has 0 aromatic heterocycles. The fourth-order valence-electron chi connectivity index (χ4n) is 1.04. The number of phenolic OH excluding ortho intramolecular Hbond substituents is 2. The van der Waals surface area contributed by atoms with Gasteiger partial charge in [0.05, 0.1) is 0 Å². The third-order valence-electron chi connectivity index (χ3n) is 1.81. The van der Waals surface area contributed by atoms with Crippen LogP contribution in [0.1, 0.15) is 19.4 Å². The third-order valence-corrected chi connectivity index (χ3v) is 1.81. The van der Waals surface area contributed by atoms with Crippen LogP contribution in [0.15, 0.2) is 18.2 Å². The van der Waals surface area contributed by atoms with E-state index in [-0.39, 0.29) is 17.9 Å². The van der Waals surface area contributed by atoms with Crippen molar-refractivity contribution in [3.63, 3.8) is 0 Å². The summed E-state index contributed by atoms with van der Waals surface area (Å²) in [6, 6.07) is 3.09. The Morgan fingerprint density at radius 2 is 1.88 bits per heavy atom. The van der Waals surface area contributed by atoms with Gasteiger partial charge in [0.2, 0.25) is 0 Å². The molecule has 16 heavy (non-hydrogen) atoms. The van der Waals surface area contributed by atoms with Crippen molar-refractivity contribution in [2.75, 3.05) is 0 Å². The zero-order valence-corrected chi connectivity index (χ0v) is 9.34. The highest BCUT2D eigenvalue weighted by atomic mass is 16.4. The molecule has 5 heteroatoms. The second-order valence-electron chi connectivity index (χ2n) is 2.97.